The monoisotopic (exact) mass is 418 g/mol. The van der Waals surface area contributed by atoms with Gasteiger partial charge < -0.3 is 15.1 Å². The van der Waals surface area contributed by atoms with Gasteiger partial charge in [0.2, 0.25) is 5.91 Å². The Hall–Kier alpha value is -2.89. The molecule has 2 saturated heterocycles. The van der Waals surface area contributed by atoms with Gasteiger partial charge in [-0.15, -0.1) is 0 Å². The molecule has 2 amide bonds. The predicted molar refractivity (Wildman–Crippen MR) is 120 cm³/mol. The molecule has 2 aromatic rings. The fraction of sp³-hybridized carbons (Fsp3) is 0.480. The zero-order valence-electron chi connectivity index (χ0n) is 18.1. The standard InChI is InChI=1S/C25H30N4O2/c1-17-14-22(19-6-7-19)16-27-23(17)28-10-12-29(13-11-28)25(31)20-4-2-18(3-5-20)15-21-8-9-26-24(21)30/h2-5,14,16,19,21H,6-13,15H2,1H3,(H,26,30). The maximum Gasteiger partial charge on any atom is 0.253 e. The van der Waals surface area contributed by atoms with Crippen LogP contribution in [0.15, 0.2) is 36.5 Å². The first-order valence-corrected chi connectivity index (χ1v) is 11.5. The number of carbonyl (C=O) groups is 2. The van der Waals surface area contributed by atoms with Crippen molar-refractivity contribution in [2.75, 3.05) is 37.6 Å². The fourth-order valence-corrected chi connectivity index (χ4v) is 4.77. The molecule has 0 spiro atoms. The third-order valence-electron chi connectivity index (χ3n) is 6.83. The van der Waals surface area contributed by atoms with E-state index < -0.39 is 0 Å². The molecular weight excluding hydrogens is 388 g/mol. The molecule has 31 heavy (non-hydrogen) atoms. The van der Waals surface area contributed by atoms with E-state index >= 15 is 0 Å². The van der Waals surface area contributed by atoms with Crippen LogP contribution in [0.4, 0.5) is 5.82 Å². The maximum absolute atomic E-state index is 13.0. The molecule has 1 aromatic heterocycles. The van der Waals surface area contributed by atoms with Crippen LogP contribution in [0.2, 0.25) is 0 Å². The maximum atomic E-state index is 13.0. The first-order chi connectivity index (χ1) is 15.1. The van der Waals surface area contributed by atoms with Crippen molar-refractivity contribution in [1.29, 1.82) is 0 Å². The molecule has 1 saturated carbocycles. The molecule has 162 valence electrons. The van der Waals surface area contributed by atoms with Crippen molar-refractivity contribution >= 4 is 17.6 Å². The minimum absolute atomic E-state index is 0.0602. The molecule has 5 rings (SSSR count). The number of pyridine rings is 1. The predicted octanol–water partition coefficient (Wildman–Crippen LogP) is 2.91. The summed E-state index contributed by atoms with van der Waals surface area (Å²) in [6.45, 7) is 5.92. The van der Waals surface area contributed by atoms with E-state index in [1.807, 2.05) is 35.4 Å². The van der Waals surface area contributed by atoms with Gasteiger partial charge in [0.1, 0.15) is 5.82 Å². The van der Waals surface area contributed by atoms with Crippen LogP contribution in [0.5, 0.6) is 0 Å². The topological polar surface area (TPSA) is 65.5 Å². The number of amides is 2. The average molecular weight is 419 g/mol. The second-order valence-corrected chi connectivity index (χ2v) is 9.14. The van der Waals surface area contributed by atoms with E-state index in [9.17, 15) is 9.59 Å². The molecule has 1 aromatic carbocycles. The van der Waals surface area contributed by atoms with Crippen LogP contribution in [0, 0.1) is 12.8 Å². The minimum Gasteiger partial charge on any atom is -0.356 e. The first kappa shape index (κ1) is 20.0. The Balaban J connectivity index is 1.17. The van der Waals surface area contributed by atoms with Crippen LogP contribution < -0.4 is 10.2 Å². The van der Waals surface area contributed by atoms with Crippen molar-refractivity contribution in [2.45, 2.75) is 38.5 Å². The number of rotatable bonds is 5. The number of anilines is 1. The quantitative estimate of drug-likeness (QED) is 0.811. The van der Waals surface area contributed by atoms with Gasteiger partial charge in [-0.3, -0.25) is 9.59 Å². The zero-order chi connectivity index (χ0) is 21.4. The number of hydrogen-bond donors (Lipinski definition) is 1. The summed E-state index contributed by atoms with van der Waals surface area (Å²) in [7, 11) is 0. The summed E-state index contributed by atoms with van der Waals surface area (Å²) < 4.78 is 0. The number of benzene rings is 1. The lowest BCUT2D eigenvalue weighted by Crippen LogP contribution is -2.49. The van der Waals surface area contributed by atoms with Crippen molar-refractivity contribution in [3.05, 3.63) is 58.8 Å². The third-order valence-corrected chi connectivity index (χ3v) is 6.83. The Morgan fingerprint density at radius 1 is 1.10 bits per heavy atom. The van der Waals surface area contributed by atoms with E-state index in [0.717, 1.165) is 55.3 Å². The number of aryl methyl sites for hydroxylation is 1. The molecule has 1 N–H and O–H groups in total. The van der Waals surface area contributed by atoms with Gasteiger partial charge in [0.25, 0.3) is 5.91 Å². The van der Waals surface area contributed by atoms with E-state index in [-0.39, 0.29) is 17.7 Å². The Kier molecular flexibility index (Phi) is 5.38. The minimum atomic E-state index is 0.0602. The van der Waals surface area contributed by atoms with E-state index in [2.05, 4.69) is 23.2 Å². The number of aromatic nitrogens is 1. The third kappa shape index (κ3) is 4.29. The molecule has 0 bridgehead atoms. The van der Waals surface area contributed by atoms with Gasteiger partial charge in [-0.25, -0.2) is 4.98 Å². The van der Waals surface area contributed by atoms with Gasteiger partial charge >= 0.3 is 0 Å². The Morgan fingerprint density at radius 2 is 1.84 bits per heavy atom. The van der Waals surface area contributed by atoms with Gasteiger partial charge in [-0.2, -0.15) is 0 Å². The summed E-state index contributed by atoms with van der Waals surface area (Å²) in [6.07, 6.45) is 6.25. The Morgan fingerprint density at radius 3 is 2.45 bits per heavy atom. The molecule has 6 nitrogen and oxygen atoms in total. The summed E-state index contributed by atoms with van der Waals surface area (Å²) in [6, 6.07) is 10.1. The molecule has 6 heteroatoms. The summed E-state index contributed by atoms with van der Waals surface area (Å²) in [5, 5.41) is 2.88. The molecule has 1 aliphatic carbocycles. The van der Waals surface area contributed by atoms with Crippen LogP contribution in [0.3, 0.4) is 0 Å². The molecule has 0 radical (unpaired) electrons. The first-order valence-electron chi connectivity index (χ1n) is 11.5. The average Bonchev–Trinajstić information content (AvgIpc) is 3.57. The highest BCUT2D eigenvalue weighted by Crippen LogP contribution is 2.40. The van der Waals surface area contributed by atoms with Crippen LogP contribution in [0.1, 0.15) is 52.2 Å². The van der Waals surface area contributed by atoms with Crippen molar-refractivity contribution < 1.29 is 9.59 Å². The SMILES string of the molecule is Cc1cc(C2CC2)cnc1N1CCN(C(=O)c2ccc(CC3CCNC3=O)cc2)CC1. The van der Waals surface area contributed by atoms with Gasteiger partial charge in [0, 0.05) is 50.4 Å². The highest BCUT2D eigenvalue weighted by molar-refractivity contribution is 5.94. The van der Waals surface area contributed by atoms with Gasteiger partial charge in [-0.1, -0.05) is 18.2 Å². The van der Waals surface area contributed by atoms with Gasteiger partial charge in [-0.05, 0) is 67.3 Å². The fourth-order valence-electron chi connectivity index (χ4n) is 4.77. The smallest absolute Gasteiger partial charge is 0.253 e. The number of nitrogens with zero attached hydrogens (tertiary/aromatic N) is 3. The molecule has 2 aliphatic heterocycles. The molecule has 3 fully saturated rings. The van der Waals surface area contributed by atoms with Crippen LogP contribution >= 0.6 is 0 Å². The summed E-state index contributed by atoms with van der Waals surface area (Å²) in [5.41, 5.74) is 4.43. The zero-order valence-corrected chi connectivity index (χ0v) is 18.1. The second kappa shape index (κ2) is 8.33. The summed E-state index contributed by atoms with van der Waals surface area (Å²) in [5.74, 6) is 2.06. The Labute approximate surface area is 183 Å². The number of nitrogens with one attached hydrogen (secondary N) is 1. The van der Waals surface area contributed by atoms with Gasteiger partial charge in [0.05, 0.1) is 0 Å². The number of carbonyl (C=O) groups excluding carboxylic acids is 2. The molecule has 1 unspecified atom stereocenters. The summed E-state index contributed by atoms with van der Waals surface area (Å²) >= 11 is 0. The van der Waals surface area contributed by atoms with Crippen molar-refractivity contribution in [2.24, 2.45) is 5.92 Å². The van der Waals surface area contributed by atoms with Crippen LogP contribution in [-0.4, -0.2) is 54.4 Å². The highest BCUT2D eigenvalue weighted by atomic mass is 16.2. The lowest BCUT2D eigenvalue weighted by molar-refractivity contribution is -0.122. The second-order valence-electron chi connectivity index (χ2n) is 9.14. The van der Waals surface area contributed by atoms with Gasteiger partial charge in [0.15, 0.2) is 0 Å². The van der Waals surface area contributed by atoms with Crippen molar-refractivity contribution in [3.8, 4) is 0 Å². The van der Waals surface area contributed by atoms with E-state index in [0.29, 0.717) is 13.1 Å². The number of piperazine rings is 1. The lowest BCUT2D eigenvalue weighted by atomic mass is 9.97. The molecule has 3 aliphatic rings. The number of hydrogen-bond acceptors (Lipinski definition) is 4. The highest BCUT2D eigenvalue weighted by Gasteiger charge is 2.27. The Bertz CT molecular complexity index is 976. The molecule has 1 atom stereocenters. The van der Waals surface area contributed by atoms with E-state index in [4.69, 9.17) is 4.98 Å². The van der Waals surface area contributed by atoms with Crippen LogP contribution in [-0.2, 0) is 11.2 Å². The van der Waals surface area contributed by atoms with Crippen LogP contribution in [0.25, 0.3) is 0 Å². The van der Waals surface area contributed by atoms with Crippen molar-refractivity contribution in [3.63, 3.8) is 0 Å². The normalized spacial score (nSPS) is 21.3. The molecular formula is C25H30N4O2. The lowest BCUT2D eigenvalue weighted by Gasteiger charge is -2.36. The van der Waals surface area contributed by atoms with Crippen molar-refractivity contribution in [1.82, 2.24) is 15.2 Å². The largest absolute Gasteiger partial charge is 0.356 e. The molecule has 3 heterocycles. The van der Waals surface area contributed by atoms with E-state index in [1.54, 1.807) is 0 Å². The van der Waals surface area contributed by atoms with E-state index in [1.165, 1.54) is 24.0 Å². The summed E-state index contributed by atoms with van der Waals surface area (Å²) in [4.78, 5) is 33.7.